The second kappa shape index (κ2) is 6.07. The van der Waals surface area contributed by atoms with E-state index in [1.54, 1.807) is 30.3 Å². The van der Waals surface area contributed by atoms with Gasteiger partial charge in [-0.1, -0.05) is 24.1 Å². The average molecular weight is 258 g/mol. The first-order chi connectivity index (χ1) is 9.17. The lowest BCUT2D eigenvalue weighted by molar-refractivity contribution is 0.0337. The molecule has 0 aromatic heterocycles. The molecule has 1 aromatic rings. The third-order valence-electron chi connectivity index (χ3n) is 2.74. The van der Waals surface area contributed by atoms with Gasteiger partial charge in [0.15, 0.2) is 0 Å². The van der Waals surface area contributed by atoms with Gasteiger partial charge in [0.25, 0.3) is 0 Å². The summed E-state index contributed by atoms with van der Waals surface area (Å²) >= 11 is 0. The Balaban J connectivity index is 1.90. The van der Waals surface area contributed by atoms with Crippen molar-refractivity contribution in [2.45, 2.75) is 25.0 Å². The summed E-state index contributed by atoms with van der Waals surface area (Å²) in [5, 5.41) is 9.58. The van der Waals surface area contributed by atoms with E-state index in [-0.39, 0.29) is 0 Å². The van der Waals surface area contributed by atoms with Gasteiger partial charge in [0, 0.05) is 18.4 Å². The summed E-state index contributed by atoms with van der Waals surface area (Å²) in [4.78, 5) is 11.6. The van der Waals surface area contributed by atoms with E-state index in [9.17, 15) is 9.90 Å². The van der Waals surface area contributed by atoms with E-state index in [2.05, 4.69) is 5.92 Å². The summed E-state index contributed by atoms with van der Waals surface area (Å²) in [6.45, 7) is 0. The fourth-order valence-corrected chi connectivity index (χ4v) is 1.91. The van der Waals surface area contributed by atoms with E-state index in [0.717, 1.165) is 0 Å². The maximum atomic E-state index is 11.6. The Bertz CT molecular complexity index is 513. The predicted octanol–water partition coefficient (Wildman–Crippen LogP) is 2.28. The fourth-order valence-electron chi connectivity index (χ4n) is 1.91. The summed E-state index contributed by atoms with van der Waals surface area (Å²) in [6.07, 6.45) is 5.70. The minimum Gasteiger partial charge on any atom is -0.430 e. The molecule has 0 saturated heterocycles. The lowest BCUT2D eigenvalue weighted by atomic mass is 9.95. The van der Waals surface area contributed by atoms with Gasteiger partial charge in [-0.3, -0.25) is 0 Å². The number of carbonyl (C=O) groups is 1. The highest BCUT2D eigenvalue weighted by molar-refractivity contribution is 5.64. The molecule has 0 unspecified atom stereocenters. The van der Waals surface area contributed by atoms with Crippen LogP contribution >= 0.6 is 0 Å². The van der Waals surface area contributed by atoms with Crippen molar-refractivity contribution in [3.05, 3.63) is 42.0 Å². The number of aliphatic hydroxyl groups excluding tert-OH is 1. The van der Waals surface area contributed by atoms with Crippen molar-refractivity contribution >= 4 is 6.16 Å². The molecular formula is C15H14O4. The van der Waals surface area contributed by atoms with Crippen molar-refractivity contribution in [1.82, 2.24) is 0 Å². The van der Waals surface area contributed by atoms with Crippen LogP contribution in [0, 0.1) is 12.3 Å². The number of hydrogen-bond donors (Lipinski definition) is 1. The van der Waals surface area contributed by atoms with Gasteiger partial charge < -0.3 is 14.6 Å². The van der Waals surface area contributed by atoms with Gasteiger partial charge in [-0.25, -0.2) is 4.79 Å². The van der Waals surface area contributed by atoms with Crippen molar-refractivity contribution in [3.63, 3.8) is 0 Å². The van der Waals surface area contributed by atoms with Gasteiger partial charge in [0.1, 0.15) is 11.9 Å². The number of para-hydroxylation sites is 1. The molecule has 1 aliphatic carbocycles. The van der Waals surface area contributed by atoms with Crippen LogP contribution in [-0.2, 0) is 4.74 Å². The smallest absolute Gasteiger partial charge is 0.430 e. The number of carbonyl (C=O) groups excluding carboxylic acids is 1. The first-order valence-corrected chi connectivity index (χ1v) is 5.96. The first-order valence-electron chi connectivity index (χ1n) is 5.96. The summed E-state index contributed by atoms with van der Waals surface area (Å²) in [5.41, 5.74) is 0.635. The third kappa shape index (κ3) is 3.87. The molecule has 2 atom stereocenters. The summed E-state index contributed by atoms with van der Waals surface area (Å²) in [7, 11) is 0. The Kier molecular flexibility index (Phi) is 4.22. The molecule has 98 valence electrons. The highest BCUT2D eigenvalue weighted by Gasteiger charge is 2.24. The minimum atomic E-state index is -0.790. The highest BCUT2D eigenvalue weighted by atomic mass is 16.7. The summed E-state index contributed by atoms with van der Waals surface area (Å²) in [5.74, 6) is 2.87. The van der Waals surface area contributed by atoms with Crippen molar-refractivity contribution in [2.75, 3.05) is 0 Å². The van der Waals surface area contributed by atoms with E-state index >= 15 is 0 Å². The van der Waals surface area contributed by atoms with E-state index < -0.39 is 18.4 Å². The molecular weight excluding hydrogens is 244 g/mol. The Morgan fingerprint density at radius 1 is 1.37 bits per heavy atom. The number of aliphatic hydroxyl groups is 1. The van der Waals surface area contributed by atoms with Crippen LogP contribution in [0.25, 0.3) is 0 Å². The van der Waals surface area contributed by atoms with Gasteiger partial charge in [-0.15, -0.1) is 6.42 Å². The van der Waals surface area contributed by atoms with E-state index in [0.29, 0.717) is 24.2 Å². The molecule has 0 aliphatic heterocycles. The molecule has 1 aliphatic rings. The zero-order valence-corrected chi connectivity index (χ0v) is 10.3. The van der Waals surface area contributed by atoms with Gasteiger partial charge >= 0.3 is 6.16 Å². The van der Waals surface area contributed by atoms with Crippen molar-refractivity contribution < 1.29 is 19.4 Å². The van der Waals surface area contributed by atoms with Gasteiger partial charge in [-0.2, -0.15) is 0 Å². The van der Waals surface area contributed by atoms with E-state index in [1.807, 2.05) is 6.07 Å². The Labute approximate surface area is 111 Å². The topological polar surface area (TPSA) is 55.8 Å². The third-order valence-corrected chi connectivity index (χ3v) is 2.74. The molecule has 1 aromatic carbocycles. The predicted molar refractivity (Wildman–Crippen MR) is 69.5 cm³/mol. The Morgan fingerprint density at radius 3 is 2.79 bits per heavy atom. The molecule has 4 nitrogen and oxygen atoms in total. The van der Waals surface area contributed by atoms with Crippen molar-refractivity contribution in [2.24, 2.45) is 0 Å². The number of terminal acetylenes is 1. The molecule has 1 N–H and O–H groups in total. The Morgan fingerprint density at radius 2 is 2.11 bits per heavy atom. The maximum absolute atomic E-state index is 11.6. The number of ether oxygens (including phenoxy) is 2. The molecule has 0 saturated carbocycles. The average Bonchev–Trinajstić information content (AvgIpc) is 2.38. The van der Waals surface area contributed by atoms with Gasteiger partial charge in [0.05, 0.1) is 6.10 Å². The molecule has 0 radical (unpaired) electrons. The molecule has 0 heterocycles. The highest BCUT2D eigenvalue weighted by Crippen LogP contribution is 2.21. The molecule has 4 heteroatoms. The molecule has 0 amide bonds. The first kappa shape index (κ1) is 13.2. The number of rotatable bonds is 2. The lowest BCUT2D eigenvalue weighted by Crippen LogP contribution is -2.28. The minimum absolute atomic E-state index is 0.328. The molecule has 0 bridgehead atoms. The zero-order chi connectivity index (χ0) is 13.7. The standard InChI is InChI=1S/C15H14O4/c1-2-11-8-12(16)10-14(9-11)19-15(17)18-13-6-4-3-5-7-13/h1,3-8,12,14,16H,9-10H2/t12-,14+/m1/s1. The van der Waals surface area contributed by atoms with Crippen LogP contribution < -0.4 is 4.74 Å². The summed E-state index contributed by atoms with van der Waals surface area (Å²) in [6, 6.07) is 8.64. The molecule has 2 rings (SSSR count). The van der Waals surface area contributed by atoms with Gasteiger partial charge in [0.2, 0.25) is 0 Å². The Hall–Kier alpha value is -2.25. The van der Waals surface area contributed by atoms with Crippen LogP contribution in [0.2, 0.25) is 0 Å². The molecule has 0 spiro atoms. The second-order valence-electron chi connectivity index (χ2n) is 4.25. The molecule has 0 fully saturated rings. The van der Waals surface area contributed by atoms with Crippen molar-refractivity contribution in [1.29, 1.82) is 0 Å². The summed E-state index contributed by atoms with van der Waals surface area (Å²) < 4.78 is 10.1. The van der Waals surface area contributed by atoms with E-state index in [4.69, 9.17) is 15.9 Å². The van der Waals surface area contributed by atoms with Crippen LogP contribution in [0.15, 0.2) is 42.0 Å². The van der Waals surface area contributed by atoms with Crippen LogP contribution in [0.5, 0.6) is 5.75 Å². The normalized spacial score (nSPS) is 22.0. The van der Waals surface area contributed by atoms with E-state index in [1.165, 1.54) is 0 Å². The van der Waals surface area contributed by atoms with Crippen LogP contribution in [0.4, 0.5) is 4.79 Å². The fraction of sp³-hybridized carbons (Fsp3) is 0.267. The van der Waals surface area contributed by atoms with Crippen LogP contribution in [0.1, 0.15) is 12.8 Å². The lowest BCUT2D eigenvalue weighted by Gasteiger charge is -2.23. The maximum Gasteiger partial charge on any atom is 0.514 e. The van der Waals surface area contributed by atoms with Crippen molar-refractivity contribution in [3.8, 4) is 18.1 Å². The molecule has 19 heavy (non-hydrogen) atoms. The van der Waals surface area contributed by atoms with Gasteiger partial charge in [-0.05, 0) is 18.2 Å². The van der Waals surface area contributed by atoms with Crippen LogP contribution in [-0.4, -0.2) is 23.5 Å². The number of benzene rings is 1. The number of hydrogen-bond acceptors (Lipinski definition) is 4. The zero-order valence-electron chi connectivity index (χ0n) is 10.3. The quantitative estimate of drug-likeness (QED) is 0.502. The largest absolute Gasteiger partial charge is 0.514 e. The monoisotopic (exact) mass is 258 g/mol. The SMILES string of the molecule is C#CC1=C[C@@H](O)C[C@@H](OC(=O)Oc2ccccc2)C1. The van der Waals surface area contributed by atoms with Crippen LogP contribution in [0.3, 0.4) is 0 Å². The second-order valence-corrected chi connectivity index (χ2v) is 4.25.